The van der Waals surface area contributed by atoms with Crippen LogP contribution in [0.3, 0.4) is 0 Å². The van der Waals surface area contributed by atoms with Crippen molar-refractivity contribution in [3.63, 3.8) is 0 Å². The molecule has 0 aliphatic heterocycles. The fraction of sp³-hybridized carbons (Fsp3) is 0.615. The maximum Gasteiger partial charge on any atom is 0.325 e. The third-order valence-electron chi connectivity index (χ3n) is 3.62. The smallest absolute Gasteiger partial charge is 0.325 e. The van der Waals surface area contributed by atoms with Gasteiger partial charge in [0.25, 0.3) is 5.91 Å². The van der Waals surface area contributed by atoms with E-state index in [4.69, 9.17) is 5.11 Å². The standard InChI is InChI=1S/C13H19N3O3/c1-15(11-5-3-2-4-6-11)13(19)10-7-14-16(8-10)9-12(17)18/h7-8,11H,2-6,9H2,1H3,(H,17,18). The van der Waals surface area contributed by atoms with Crippen molar-refractivity contribution in [3.05, 3.63) is 18.0 Å². The summed E-state index contributed by atoms with van der Waals surface area (Å²) in [5.41, 5.74) is 0.453. The molecular formula is C13H19N3O3. The van der Waals surface area contributed by atoms with Gasteiger partial charge in [-0.1, -0.05) is 19.3 Å². The molecule has 0 saturated heterocycles. The molecule has 104 valence electrons. The summed E-state index contributed by atoms with van der Waals surface area (Å²) in [7, 11) is 1.81. The SMILES string of the molecule is CN(C(=O)c1cnn(CC(=O)O)c1)C1CCCCC1. The average molecular weight is 265 g/mol. The van der Waals surface area contributed by atoms with Crippen LogP contribution in [-0.2, 0) is 11.3 Å². The van der Waals surface area contributed by atoms with E-state index in [0.717, 1.165) is 12.8 Å². The summed E-state index contributed by atoms with van der Waals surface area (Å²) >= 11 is 0. The molecule has 1 amide bonds. The Labute approximate surface area is 112 Å². The largest absolute Gasteiger partial charge is 0.480 e. The van der Waals surface area contributed by atoms with Crippen LogP contribution in [0.1, 0.15) is 42.5 Å². The van der Waals surface area contributed by atoms with Gasteiger partial charge < -0.3 is 10.0 Å². The summed E-state index contributed by atoms with van der Waals surface area (Å²) in [6.07, 6.45) is 8.60. The molecule has 1 aromatic heterocycles. The number of rotatable bonds is 4. The Morgan fingerprint density at radius 1 is 1.42 bits per heavy atom. The van der Waals surface area contributed by atoms with Gasteiger partial charge in [-0.15, -0.1) is 0 Å². The van der Waals surface area contributed by atoms with Gasteiger partial charge in [-0.2, -0.15) is 5.10 Å². The van der Waals surface area contributed by atoms with Crippen LogP contribution in [0, 0.1) is 0 Å². The number of hydrogen-bond acceptors (Lipinski definition) is 3. The van der Waals surface area contributed by atoms with Crippen LogP contribution in [0.4, 0.5) is 0 Å². The highest BCUT2D eigenvalue weighted by molar-refractivity contribution is 5.93. The zero-order valence-electron chi connectivity index (χ0n) is 11.1. The van der Waals surface area contributed by atoms with Crippen molar-refractivity contribution in [2.24, 2.45) is 0 Å². The molecule has 1 aromatic rings. The monoisotopic (exact) mass is 265 g/mol. The lowest BCUT2D eigenvalue weighted by Gasteiger charge is -2.30. The lowest BCUT2D eigenvalue weighted by Crippen LogP contribution is -2.38. The molecule has 1 saturated carbocycles. The minimum absolute atomic E-state index is 0.0801. The lowest BCUT2D eigenvalue weighted by molar-refractivity contribution is -0.137. The number of nitrogens with zero attached hydrogens (tertiary/aromatic N) is 3. The molecular weight excluding hydrogens is 246 g/mol. The fourth-order valence-electron chi connectivity index (χ4n) is 2.54. The normalized spacial score (nSPS) is 16.3. The van der Waals surface area contributed by atoms with Crippen molar-refractivity contribution in [1.82, 2.24) is 14.7 Å². The fourth-order valence-corrected chi connectivity index (χ4v) is 2.54. The van der Waals surface area contributed by atoms with E-state index in [0.29, 0.717) is 11.6 Å². The zero-order chi connectivity index (χ0) is 13.8. The highest BCUT2D eigenvalue weighted by Crippen LogP contribution is 2.22. The van der Waals surface area contributed by atoms with E-state index < -0.39 is 5.97 Å². The van der Waals surface area contributed by atoms with Gasteiger partial charge in [-0.3, -0.25) is 14.3 Å². The summed E-state index contributed by atoms with van der Waals surface area (Å²) in [5, 5.41) is 12.6. The molecule has 19 heavy (non-hydrogen) atoms. The predicted molar refractivity (Wildman–Crippen MR) is 68.8 cm³/mol. The molecule has 2 rings (SSSR count). The molecule has 0 unspecified atom stereocenters. The quantitative estimate of drug-likeness (QED) is 0.892. The second-order valence-electron chi connectivity index (χ2n) is 5.03. The molecule has 0 aromatic carbocycles. The average Bonchev–Trinajstić information content (AvgIpc) is 2.85. The Morgan fingerprint density at radius 3 is 2.74 bits per heavy atom. The van der Waals surface area contributed by atoms with Crippen LogP contribution in [-0.4, -0.2) is 44.8 Å². The summed E-state index contributed by atoms with van der Waals surface area (Å²) in [4.78, 5) is 24.6. The Bertz CT molecular complexity index is 463. The minimum atomic E-state index is -0.970. The van der Waals surface area contributed by atoms with Crippen LogP contribution >= 0.6 is 0 Å². The first-order chi connectivity index (χ1) is 9.08. The first kappa shape index (κ1) is 13.6. The number of carbonyl (C=O) groups excluding carboxylic acids is 1. The third kappa shape index (κ3) is 3.33. The van der Waals surface area contributed by atoms with Gasteiger partial charge in [0.1, 0.15) is 6.54 Å². The topological polar surface area (TPSA) is 75.4 Å². The molecule has 1 N–H and O–H groups in total. The Kier molecular flexibility index (Phi) is 4.19. The number of carboxylic acid groups (broad SMARTS) is 1. The van der Waals surface area contributed by atoms with Crippen LogP contribution in [0.2, 0.25) is 0 Å². The van der Waals surface area contributed by atoms with Crippen LogP contribution in [0.25, 0.3) is 0 Å². The van der Waals surface area contributed by atoms with Gasteiger partial charge in [0.2, 0.25) is 0 Å². The van der Waals surface area contributed by atoms with Crippen LogP contribution < -0.4 is 0 Å². The van der Waals surface area contributed by atoms with Crippen LogP contribution in [0.5, 0.6) is 0 Å². The summed E-state index contributed by atoms with van der Waals surface area (Å²) in [5.74, 6) is -1.05. The number of hydrogen-bond donors (Lipinski definition) is 1. The Hall–Kier alpha value is -1.85. The van der Waals surface area contributed by atoms with E-state index in [9.17, 15) is 9.59 Å². The van der Waals surface area contributed by atoms with Crippen molar-refractivity contribution in [2.75, 3.05) is 7.05 Å². The third-order valence-corrected chi connectivity index (χ3v) is 3.62. The maximum absolute atomic E-state index is 12.3. The van der Waals surface area contributed by atoms with E-state index in [1.807, 2.05) is 7.05 Å². The molecule has 6 heteroatoms. The van der Waals surface area contributed by atoms with Crippen LogP contribution in [0.15, 0.2) is 12.4 Å². The van der Waals surface area contributed by atoms with Crippen molar-refractivity contribution in [2.45, 2.75) is 44.7 Å². The molecule has 1 aliphatic carbocycles. The van der Waals surface area contributed by atoms with Gasteiger partial charge in [-0.05, 0) is 12.8 Å². The second-order valence-corrected chi connectivity index (χ2v) is 5.03. The number of amides is 1. The van der Waals surface area contributed by atoms with Crippen molar-refractivity contribution in [1.29, 1.82) is 0 Å². The summed E-state index contributed by atoms with van der Waals surface area (Å²) in [6.45, 7) is -0.222. The van der Waals surface area contributed by atoms with Gasteiger partial charge in [0.05, 0.1) is 11.8 Å². The van der Waals surface area contributed by atoms with Crippen molar-refractivity contribution < 1.29 is 14.7 Å². The second kappa shape index (κ2) is 5.86. The van der Waals surface area contributed by atoms with Gasteiger partial charge in [0, 0.05) is 19.3 Å². The molecule has 0 radical (unpaired) electrons. The number of carbonyl (C=O) groups is 2. The number of carboxylic acids is 1. The predicted octanol–water partition coefficient (Wildman–Crippen LogP) is 1.37. The molecule has 6 nitrogen and oxygen atoms in total. The molecule has 0 atom stereocenters. The van der Waals surface area contributed by atoms with E-state index in [-0.39, 0.29) is 12.5 Å². The van der Waals surface area contributed by atoms with E-state index in [2.05, 4.69) is 5.10 Å². The van der Waals surface area contributed by atoms with E-state index >= 15 is 0 Å². The highest BCUT2D eigenvalue weighted by atomic mass is 16.4. The molecule has 1 heterocycles. The van der Waals surface area contributed by atoms with Gasteiger partial charge >= 0.3 is 5.97 Å². The van der Waals surface area contributed by atoms with Gasteiger partial charge in [0.15, 0.2) is 0 Å². The molecule has 0 spiro atoms. The number of aromatic nitrogens is 2. The van der Waals surface area contributed by atoms with Crippen molar-refractivity contribution >= 4 is 11.9 Å². The Balaban J connectivity index is 2.01. The lowest BCUT2D eigenvalue weighted by atomic mass is 9.94. The first-order valence-corrected chi connectivity index (χ1v) is 6.59. The summed E-state index contributed by atoms with van der Waals surface area (Å²) in [6, 6.07) is 0.295. The summed E-state index contributed by atoms with van der Waals surface area (Å²) < 4.78 is 1.27. The first-order valence-electron chi connectivity index (χ1n) is 6.59. The molecule has 1 fully saturated rings. The minimum Gasteiger partial charge on any atom is -0.480 e. The van der Waals surface area contributed by atoms with E-state index in [1.165, 1.54) is 36.3 Å². The van der Waals surface area contributed by atoms with Gasteiger partial charge in [-0.25, -0.2) is 0 Å². The van der Waals surface area contributed by atoms with Crippen molar-refractivity contribution in [3.8, 4) is 0 Å². The van der Waals surface area contributed by atoms with E-state index in [1.54, 1.807) is 4.90 Å². The molecule has 0 bridgehead atoms. The number of aliphatic carboxylic acids is 1. The maximum atomic E-state index is 12.3. The highest BCUT2D eigenvalue weighted by Gasteiger charge is 2.23. The zero-order valence-corrected chi connectivity index (χ0v) is 11.1. The Morgan fingerprint density at radius 2 is 2.11 bits per heavy atom. The molecule has 1 aliphatic rings.